The summed E-state index contributed by atoms with van der Waals surface area (Å²) in [6.45, 7) is 0.616. The van der Waals surface area contributed by atoms with E-state index in [1.165, 1.54) is 7.11 Å². The molecule has 1 amide bonds. The molecule has 4 heteroatoms. The van der Waals surface area contributed by atoms with Gasteiger partial charge in [0.2, 0.25) is 0 Å². The van der Waals surface area contributed by atoms with Gasteiger partial charge in [0.25, 0.3) is 5.91 Å². The third-order valence-electron chi connectivity index (χ3n) is 2.78. The molecule has 1 heterocycles. The number of para-hydroxylation sites is 1. The zero-order valence-electron chi connectivity index (χ0n) is 9.22. The molecule has 0 spiro atoms. The van der Waals surface area contributed by atoms with Gasteiger partial charge in [-0.3, -0.25) is 4.79 Å². The van der Waals surface area contributed by atoms with Gasteiger partial charge in [0.15, 0.2) is 0 Å². The lowest BCUT2D eigenvalue weighted by Crippen LogP contribution is -2.38. The minimum absolute atomic E-state index is 0.0677. The topological polar surface area (TPSA) is 49.8 Å². The second kappa shape index (κ2) is 4.63. The molecule has 0 saturated carbocycles. The second-order valence-corrected chi connectivity index (χ2v) is 3.84. The summed E-state index contributed by atoms with van der Waals surface area (Å²) in [4.78, 5) is 13.5. The number of ether oxygens (including phenoxy) is 1. The van der Waals surface area contributed by atoms with Gasteiger partial charge in [-0.15, -0.1) is 0 Å². The van der Waals surface area contributed by atoms with Crippen LogP contribution in [0.1, 0.15) is 18.1 Å². The number of hydrogen-bond donors (Lipinski definition) is 1. The summed E-state index contributed by atoms with van der Waals surface area (Å²) >= 11 is 0. The van der Waals surface area contributed by atoms with Crippen LogP contribution < -0.4 is 4.90 Å². The van der Waals surface area contributed by atoms with Gasteiger partial charge >= 0.3 is 0 Å². The molecule has 0 saturated heterocycles. The highest BCUT2D eigenvalue weighted by atomic mass is 16.5. The van der Waals surface area contributed by atoms with Crippen LogP contribution in [0.3, 0.4) is 0 Å². The van der Waals surface area contributed by atoms with E-state index in [9.17, 15) is 9.90 Å². The smallest absolute Gasteiger partial charge is 0.252 e. The molecule has 0 fully saturated rings. The molecule has 0 aliphatic carbocycles. The number of aliphatic hydroxyl groups is 1. The van der Waals surface area contributed by atoms with Crippen molar-refractivity contribution in [1.82, 2.24) is 0 Å². The summed E-state index contributed by atoms with van der Waals surface area (Å²) in [5.41, 5.74) is 1.61. The number of methoxy groups -OCH3 is 1. The second-order valence-electron chi connectivity index (χ2n) is 3.84. The van der Waals surface area contributed by atoms with E-state index in [2.05, 4.69) is 0 Å². The van der Waals surface area contributed by atoms with Crippen LogP contribution in [0, 0.1) is 0 Å². The summed E-state index contributed by atoms with van der Waals surface area (Å²) in [7, 11) is 1.50. The Labute approximate surface area is 94.4 Å². The molecule has 1 aliphatic heterocycles. The molecular weight excluding hydrogens is 206 g/mol. The van der Waals surface area contributed by atoms with Gasteiger partial charge in [0.1, 0.15) is 6.61 Å². The SMILES string of the molecule is COCC(=O)N1CCC(O)c2ccccc21. The normalized spacial score (nSPS) is 19.4. The van der Waals surface area contributed by atoms with Gasteiger partial charge in [-0.2, -0.15) is 0 Å². The molecule has 1 atom stereocenters. The maximum Gasteiger partial charge on any atom is 0.252 e. The fourth-order valence-electron chi connectivity index (χ4n) is 2.00. The number of amides is 1. The van der Waals surface area contributed by atoms with Crippen LogP contribution in [0.2, 0.25) is 0 Å². The number of fused-ring (bicyclic) bond motifs is 1. The number of aliphatic hydroxyl groups excluding tert-OH is 1. The summed E-state index contributed by atoms with van der Waals surface area (Å²) < 4.78 is 4.85. The lowest BCUT2D eigenvalue weighted by atomic mass is 9.99. The Morgan fingerprint density at radius 1 is 1.56 bits per heavy atom. The van der Waals surface area contributed by atoms with E-state index in [0.29, 0.717) is 13.0 Å². The van der Waals surface area contributed by atoms with Crippen molar-refractivity contribution in [1.29, 1.82) is 0 Å². The number of carbonyl (C=O) groups is 1. The van der Waals surface area contributed by atoms with Crippen molar-refractivity contribution in [3.8, 4) is 0 Å². The van der Waals surface area contributed by atoms with E-state index in [1.54, 1.807) is 4.90 Å². The van der Waals surface area contributed by atoms with E-state index < -0.39 is 6.10 Å². The van der Waals surface area contributed by atoms with E-state index >= 15 is 0 Å². The van der Waals surface area contributed by atoms with Gasteiger partial charge in [0.05, 0.1) is 6.10 Å². The molecular formula is C12H15NO3. The number of rotatable bonds is 2. The molecule has 1 aromatic carbocycles. The van der Waals surface area contributed by atoms with Crippen molar-refractivity contribution in [2.75, 3.05) is 25.2 Å². The van der Waals surface area contributed by atoms with Crippen molar-refractivity contribution in [3.63, 3.8) is 0 Å². The van der Waals surface area contributed by atoms with Crippen molar-refractivity contribution in [3.05, 3.63) is 29.8 Å². The highest BCUT2D eigenvalue weighted by Gasteiger charge is 2.26. The van der Waals surface area contributed by atoms with Crippen molar-refractivity contribution < 1.29 is 14.6 Å². The Morgan fingerprint density at radius 2 is 2.31 bits per heavy atom. The molecule has 0 bridgehead atoms. The summed E-state index contributed by atoms with van der Waals surface area (Å²) in [6, 6.07) is 7.44. The Hall–Kier alpha value is -1.39. The molecule has 4 nitrogen and oxygen atoms in total. The minimum atomic E-state index is -0.470. The van der Waals surface area contributed by atoms with Crippen LogP contribution in [-0.4, -0.2) is 31.3 Å². The summed E-state index contributed by atoms with van der Waals surface area (Å²) in [5, 5.41) is 9.82. The average molecular weight is 221 g/mol. The van der Waals surface area contributed by atoms with Crippen LogP contribution in [-0.2, 0) is 9.53 Å². The van der Waals surface area contributed by atoms with Gasteiger partial charge in [-0.25, -0.2) is 0 Å². The highest BCUT2D eigenvalue weighted by molar-refractivity contribution is 5.95. The van der Waals surface area contributed by atoms with Gasteiger partial charge < -0.3 is 14.7 Å². The molecule has 1 aliphatic rings. The largest absolute Gasteiger partial charge is 0.388 e. The predicted molar refractivity (Wildman–Crippen MR) is 60.2 cm³/mol. The maximum atomic E-state index is 11.8. The van der Waals surface area contributed by atoms with Gasteiger partial charge in [-0.05, 0) is 12.5 Å². The standard InChI is InChI=1S/C12H15NO3/c1-16-8-12(15)13-7-6-11(14)9-4-2-3-5-10(9)13/h2-5,11,14H,6-8H2,1H3. The molecule has 1 aromatic rings. The van der Waals surface area contributed by atoms with Crippen molar-refractivity contribution >= 4 is 11.6 Å². The monoisotopic (exact) mass is 221 g/mol. The van der Waals surface area contributed by atoms with Crippen molar-refractivity contribution in [2.45, 2.75) is 12.5 Å². The molecule has 0 aromatic heterocycles. The molecule has 1 unspecified atom stereocenters. The van der Waals surface area contributed by atoms with Crippen LogP contribution in [0.5, 0.6) is 0 Å². The molecule has 86 valence electrons. The Balaban J connectivity index is 2.31. The maximum absolute atomic E-state index is 11.8. The third-order valence-corrected chi connectivity index (χ3v) is 2.78. The first kappa shape index (κ1) is 11.1. The average Bonchev–Trinajstić information content (AvgIpc) is 2.30. The lowest BCUT2D eigenvalue weighted by Gasteiger charge is -2.32. The van der Waals surface area contributed by atoms with E-state index in [4.69, 9.17) is 4.74 Å². The summed E-state index contributed by atoms with van der Waals surface area (Å²) in [6.07, 6.45) is 0.106. The Morgan fingerprint density at radius 3 is 3.06 bits per heavy atom. The number of hydrogen-bond acceptors (Lipinski definition) is 3. The van der Waals surface area contributed by atoms with E-state index in [0.717, 1.165) is 11.3 Å². The minimum Gasteiger partial charge on any atom is -0.388 e. The number of benzene rings is 1. The molecule has 0 radical (unpaired) electrons. The van der Waals surface area contributed by atoms with Crippen LogP contribution in [0.4, 0.5) is 5.69 Å². The zero-order valence-corrected chi connectivity index (χ0v) is 9.22. The zero-order chi connectivity index (χ0) is 11.5. The molecule has 16 heavy (non-hydrogen) atoms. The number of nitrogens with zero attached hydrogens (tertiary/aromatic N) is 1. The van der Waals surface area contributed by atoms with Gasteiger partial charge in [0, 0.05) is 24.9 Å². The predicted octanol–water partition coefficient (Wildman–Crippen LogP) is 1.10. The first-order chi connectivity index (χ1) is 7.74. The fourth-order valence-corrected chi connectivity index (χ4v) is 2.00. The number of anilines is 1. The fraction of sp³-hybridized carbons (Fsp3) is 0.417. The van der Waals surface area contributed by atoms with Gasteiger partial charge in [-0.1, -0.05) is 18.2 Å². The van der Waals surface area contributed by atoms with Crippen LogP contribution >= 0.6 is 0 Å². The Bertz CT molecular complexity index is 392. The highest BCUT2D eigenvalue weighted by Crippen LogP contribution is 2.33. The Kier molecular flexibility index (Phi) is 3.22. The third kappa shape index (κ3) is 1.94. The summed E-state index contributed by atoms with van der Waals surface area (Å²) in [5.74, 6) is -0.0677. The lowest BCUT2D eigenvalue weighted by molar-refractivity contribution is -0.122. The first-order valence-electron chi connectivity index (χ1n) is 5.30. The van der Waals surface area contributed by atoms with E-state index in [-0.39, 0.29) is 12.5 Å². The van der Waals surface area contributed by atoms with Crippen molar-refractivity contribution in [2.24, 2.45) is 0 Å². The molecule has 1 N–H and O–H groups in total. The molecule has 2 rings (SSSR count). The quantitative estimate of drug-likeness (QED) is 0.813. The van der Waals surface area contributed by atoms with Crippen LogP contribution in [0.15, 0.2) is 24.3 Å². The number of carbonyl (C=O) groups excluding carboxylic acids is 1. The van der Waals surface area contributed by atoms with E-state index in [1.807, 2.05) is 24.3 Å². The van der Waals surface area contributed by atoms with Crippen LogP contribution in [0.25, 0.3) is 0 Å². The first-order valence-corrected chi connectivity index (χ1v) is 5.30.